The molecular weight excluding hydrogens is 219 g/mol. The van der Waals surface area contributed by atoms with Gasteiger partial charge in [0.05, 0.1) is 23.5 Å². The lowest BCUT2D eigenvalue weighted by Gasteiger charge is -2.13. The zero-order valence-corrected chi connectivity index (χ0v) is 9.71. The predicted octanol–water partition coefficient (Wildman–Crippen LogP) is 1.07. The topological polar surface area (TPSA) is 47.1 Å². The average Bonchev–Trinajstić information content (AvgIpc) is 2.55. The maximum atomic E-state index is 13.5. The minimum Gasteiger partial charge on any atom is -0.327 e. The van der Waals surface area contributed by atoms with Crippen molar-refractivity contribution in [2.24, 2.45) is 5.73 Å². The molecule has 0 radical (unpaired) electrons. The number of rotatable bonds is 5. The van der Waals surface area contributed by atoms with Crippen LogP contribution in [-0.2, 0) is 6.54 Å². The van der Waals surface area contributed by atoms with Crippen LogP contribution in [0.15, 0.2) is 6.20 Å². The molecule has 1 aromatic heterocycles. The Labute approximate surface area is 93.8 Å². The van der Waals surface area contributed by atoms with Crippen molar-refractivity contribution in [3.63, 3.8) is 0 Å². The first-order valence-corrected chi connectivity index (χ1v) is 5.14. The van der Waals surface area contributed by atoms with Crippen molar-refractivity contribution in [1.29, 1.82) is 0 Å². The van der Waals surface area contributed by atoms with Gasteiger partial charge < -0.3 is 10.6 Å². The first-order chi connectivity index (χ1) is 7.06. The number of halogens is 2. The van der Waals surface area contributed by atoms with Crippen LogP contribution in [0.4, 0.5) is 4.39 Å². The van der Waals surface area contributed by atoms with E-state index in [-0.39, 0.29) is 6.54 Å². The monoisotopic (exact) mass is 234 g/mol. The largest absolute Gasteiger partial charge is 0.327 e. The summed E-state index contributed by atoms with van der Waals surface area (Å²) in [5.74, 6) is 0. The second-order valence-corrected chi connectivity index (χ2v) is 4.01. The number of aromatic nitrogens is 2. The van der Waals surface area contributed by atoms with Crippen LogP contribution >= 0.6 is 11.6 Å². The van der Waals surface area contributed by atoms with Gasteiger partial charge in [0.25, 0.3) is 0 Å². The zero-order chi connectivity index (χ0) is 11.4. The molecule has 1 aromatic rings. The quantitative estimate of drug-likeness (QED) is 0.829. The lowest BCUT2D eigenvalue weighted by atomic mass is 10.3. The average molecular weight is 235 g/mol. The fourth-order valence-electron chi connectivity index (χ4n) is 1.27. The van der Waals surface area contributed by atoms with Gasteiger partial charge in [-0.05, 0) is 14.1 Å². The minimum atomic E-state index is -1.25. The van der Waals surface area contributed by atoms with Gasteiger partial charge in [-0.2, -0.15) is 5.10 Å². The smallest absolute Gasteiger partial charge is 0.155 e. The van der Waals surface area contributed by atoms with Gasteiger partial charge in [-0.15, -0.1) is 0 Å². The first-order valence-electron chi connectivity index (χ1n) is 4.76. The molecular formula is C9H16ClFN4. The van der Waals surface area contributed by atoms with Crippen LogP contribution in [0.3, 0.4) is 0 Å². The Balaban J connectivity index is 2.79. The molecule has 1 unspecified atom stereocenters. The van der Waals surface area contributed by atoms with Crippen molar-refractivity contribution >= 4 is 11.6 Å². The van der Waals surface area contributed by atoms with Crippen LogP contribution in [0.2, 0.25) is 5.02 Å². The summed E-state index contributed by atoms with van der Waals surface area (Å²) < 4.78 is 15.0. The van der Waals surface area contributed by atoms with Crippen LogP contribution in [0.1, 0.15) is 11.9 Å². The van der Waals surface area contributed by atoms with Crippen molar-refractivity contribution < 1.29 is 4.39 Å². The molecule has 0 aliphatic rings. The van der Waals surface area contributed by atoms with Crippen LogP contribution in [-0.4, -0.2) is 41.9 Å². The molecule has 1 atom stereocenters. The lowest BCUT2D eigenvalue weighted by Crippen LogP contribution is -2.22. The third-order valence-electron chi connectivity index (χ3n) is 2.10. The van der Waals surface area contributed by atoms with Crippen molar-refractivity contribution in [1.82, 2.24) is 14.7 Å². The highest BCUT2D eigenvalue weighted by molar-refractivity contribution is 6.31. The van der Waals surface area contributed by atoms with E-state index in [2.05, 4.69) is 5.10 Å². The summed E-state index contributed by atoms with van der Waals surface area (Å²) >= 11 is 5.84. The molecule has 0 aromatic carbocycles. The Bertz CT molecular complexity index is 313. The second-order valence-electron chi connectivity index (χ2n) is 3.61. The van der Waals surface area contributed by atoms with Gasteiger partial charge in [0.15, 0.2) is 6.17 Å². The maximum absolute atomic E-state index is 13.5. The first kappa shape index (κ1) is 12.4. The molecule has 6 heteroatoms. The molecule has 0 bridgehead atoms. The van der Waals surface area contributed by atoms with Crippen molar-refractivity contribution in [3.05, 3.63) is 16.9 Å². The molecule has 0 aliphatic heterocycles. The normalized spacial score (nSPS) is 13.5. The van der Waals surface area contributed by atoms with Crippen LogP contribution in [0.5, 0.6) is 0 Å². The van der Waals surface area contributed by atoms with Gasteiger partial charge in [0, 0.05) is 13.1 Å². The van der Waals surface area contributed by atoms with Crippen LogP contribution < -0.4 is 5.73 Å². The molecule has 86 valence electrons. The molecule has 1 heterocycles. The summed E-state index contributed by atoms with van der Waals surface area (Å²) in [5.41, 5.74) is 5.65. The molecule has 0 spiro atoms. The van der Waals surface area contributed by atoms with Crippen molar-refractivity contribution in [3.8, 4) is 0 Å². The van der Waals surface area contributed by atoms with Gasteiger partial charge in [0.1, 0.15) is 0 Å². The van der Waals surface area contributed by atoms with E-state index in [0.717, 1.165) is 6.54 Å². The standard InChI is InChI=1S/C9H16ClFN4/c1-14(2)3-4-15-9(8(11)5-12)7(10)6-13-15/h6,8H,3-5,12H2,1-2H3. The third kappa shape index (κ3) is 3.15. The van der Waals surface area contributed by atoms with Gasteiger partial charge >= 0.3 is 0 Å². The lowest BCUT2D eigenvalue weighted by molar-refractivity contribution is 0.313. The van der Waals surface area contributed by atoms with Crippen molar-refractivity contribution in [2.75, 3.05) is 27.2 Å². The highest BCUT2D eigenvalue weighted by Crippen LogP contribution is 2.24. The summed E-state index contributed by atoms with van der Waals surface area (Å²) in [5, 5.41) is 4.36. The molecule has 1 rings (SSSR count). The summed E-state index contributed by atoms with van der Waals surface area (Å²) in [6, 6.07) is 0. The van der Waals surface area contributed by atoms with E-state index in [1.54, 1.807) is 4.68 Å². The Morgan fingerprint density at radius 3 is 2.87 bits per heavy atom. The number of hydrogen-bond acceptors (Lipinski definition) is 3. The van der Waals surface area contributed by atoms with Gasteiger partial charge in [0.2, 0.25) is 0 Å². The van der Waals surface area contributed by atoms with E-state index in [9.17, 15) is 4.39 Å². The SMILES string of the molecule is CN(C)CCn1ncc(Cl)c1C(F)CN. The number of nitrogens with two attached hydrogens (primary N) is 1. The van der Waals surface area contributed by atoms with Gasteiger partial charge in [-0.25, -0.2) is 4.39 Å². The summed E-state index contributed by atoms with van der Waals surface area (Å²) in [4.78, 5) is 2.00. The number of hydrogen-bond donors (Lipinski definition) is 1. The Kier molecular flexibility index (Phi) is 4.50. The van der Waals surface area contributed by atoms with Gasteiger partial charge in [-0.3, -0.25) is 4.68 Å². The molecule has 0 amide bonds. The molecule has 0 saturated carbocycles. The Morgan fingerprint density at radius 1 is 1.67 bits per heavy atom. The number of likely N-dealkylation sites (N-methyl/N-ethyl adjacent to an activating group) is 1. The maximum Gasteiger partial charge on any atom is 0.155 e. The van der Waals surface area contributed by atoms with E-state index in [4.69, 9.17) is 17.3 Å². The second kappa shape index (κ2) is 5.44. The third-order valence-corrected chi connectivity index (χ3v) is 2.39. The van der Waals surface area contributed by atoms with Crippen molar-refractivity contribution in [2.45, 2.75) is 12.7 Å². The fourth-order valence-corrected chi connectivity index (χ4v) is 1.53. The molecule has 4 nitrogen and oxygen atoms in total. The van der Waals surface area contributed by atoms with E-state index in [1.165, 1.54) is 6.20 Å². The van der Waals surface area contributed by atoms with E-state index >= 15 is 0 Å². The van der Waals surface area contributed by atoms with Gasteiger partial charge in [-0.1, -0.05) is 11.6 Å². The molecule has 2 N–H and O–H groups in total. The zero-order valence-electron chi connectivity index (χ0n) is 8.95. The molecule has 0 aliphatic carbocycles. The number of alkyl halides is 1. The van der Waals surface area contributed by atoms with E-state index in [1.807, 2.05) is 19.0 Å². The Morgan fingerprint density at radius 2 is 2.33 bits per heavy atom. The molecule has 15 heavy (non-hydrogen) atoms. The highest BCUT2D eigenvalue weighted by Gasteiger charge is 2.18. The summed E-state index contributed by atoms with van der Waals surface area (Å²) in [6.07, 6.45) is 0.205. The van der Waals surface area contributed by atoms with Crippen LogP contribution in [0.25, 0.3) is 0 Å². The predicted molar refractivity (Wildman–Crippen MR) is 58.7 cm³/mol. The molecule has 0 fully saturated rings. The van der Waals surface area contributed by atoms with Crippen LogP contribution in [0, 0.1) is 0 Å². The molecule has 0 saturated heterocycles. The summed E-state index contributed by atoms with van der Waals surface area (Å²) in [7, 11) is 3.89. The number of nitrogens with zero attached hydrogens (tertiary/aromatic N) is 3. The fraction of sp³-hybridized carbons (Fsp3) is 0.667. The Hall–Kier alpha value is -0.650. The van der Waals surface area contributed by atoms with E-state index in [0.29, 0.717) is 17.3 Å². The summed E-state index contributed by atoms with van der Waals surface area (Å²) in [6.45, 7) is 1.31. The van der Waals surface area contributed by atoms with E-state index < -0.39 is 6.17 Å². The highest BCUT2D eigenvalue weighted by atomic mass is 35.5. The minimum absolute atomic E-state index is 0.0760.